The molecule has 5 heteroatoms. The van der Waals surface area contributed by atoms with E-state index in [9.17, 15) is 0 Å². The van der Waals surface area contributed by atoms with E-state index in [4.69, 9.17) is 14.2 Å². The molecule has 1 atom stereocenters. The third-order valence-corrected chi connectivity index (χ3v) is 3.26. The van der Waals surface area contributed by atoms with Gasteiger partial charge in [0.1, 0.15) is 0 Å². The van der Waals surface area contributed by atoms with E-state index in [1.807, 2.05) is 12.1 Å². The topological polar surface area (TPSA) is 51.8 Å². The molecule has 0 spiro atoms. The molecule has 1 aromatic carbocycles. The molecule has 0 aliphatic heterocycles. The average molecular weight is 296 g/mol. The minimum atomic E-state index is 0.366. The predicted molar refractivity (Wildman–Crippen MR) is 85.5 cm³/mol. The highest BCUT2D eigenvalue weighted by Crippen LogP contribution is 2.39. The Labute approximate surface area is 128 Å². The first-order chi connectivity index (χ1) is 10.0. The summed E-state index contributed by atoms with van der Waals surface area (Å²) in [5.74, 6) is 2.02. The fraction of sp³-hybridized carbons (Fsp3) is 0.625. The van der Waals surface area contributed by atoms with Gasteiger partial charge in [0.2, 0.25) is 5.75 Å². The first kappa shape index (κ1) is 17.6. The summed E-state index contributed by atoms with van der Waals surface area (Å²) in [6.07, 6.45) is 0. The number of benzene rings is 1. The lowest BCUT2D eigenvalue weighted by Gasteiger charge is -2.19. The second-order valence-electron chi connectivity index (χ2n) is 5.34. The maximum absolute atomic E-state index is 5.48. The summed E-state index contributed by atoms with van der Waals surface area (Å²) in [6, 6.07) is 4.75. The van der Waals surface area contributed by atoms with Crippen LogP contribution in [0.25, 0.3) is 0 Å². The Kier molecular flexibility index (Phi) is 7.32. The van der Waals surface area contributed by atoms with Crippen LogP contribution in [0.15, 0.2) is 12.1 Å². The van der Waals surface area contributed by atoms with Crippen LogP contribution in [0.2, 0.25) is 0 Å². The number of nitrogens with one attached hydrogen (secondary N) is 2. The lowest BCUT2D eigenvalue weighted by molar-refractivity contribution is 0.321. The average Bonchev–Trinajstić information content (AvgIpc) is 2.49. The van der Waals surface area contributed by atoms with E-state index in [1.165, 1.54) is 0 Å². The zero-order valence-corrected chi connectivity index (χ0v) is 13.9. The fourth-order valence-electron chi connectivity index (χ4n) is 2.07. The van der Waals surface area contributed by atoms with Gasteiger partial charge in [-0.25, -0.2) is 0 Å². The number of methoxy groups -OCH3 is 3. The van der Waals surface area contributed by atoms with Crippen LogP contribution in [0.1, 0.15) is 26.3 Å². The Morgan fingerprint density at radius 3 is 2.10 bits per heavy atom. The summed E-state index contributed by atoms with van der Waals surface area (Å²) < 4.78 is 16.2. The van der Waals surface area contributed by atoms with Crippen LogP contribution in [0.3, 0.4) is 0 Å². The molecular weight excluding hydrogens is 268 g/mol. The van der Waals surface area contributed by atoms with Gasteiger partial charge >= 0.3 is 0 Å². The van der Waals surface area contributed by atoms with Crippen LogP contribution >= 0.6 is 0 Å². The first-order valence-electron chi connectivity index (χ1n) is 7.28. The lowest BCUT2D eigenvalue weighted by atomic mass is 10.1. The van der Waals surface area contributed by atoms with E-state index in [0.29, 0.717) is 35.9 Å². The van der Waals surface area contributed by atoms with Crippen molar-refractivity contribution in [2.75, 3.05) is 27.9 Å². The number of hydrogen-bond donors (Lipinski definition) is 2. The summed E-state index contributed by atoms with van der Waals surface area (Å²) in [5.41, 5.74) is 1.05. The molecule has 1 aromatic rings. The van der Waals surface area contributed by atoms with Gasteiger partial charge in [0, 0.05) is 30.7 Å². The van der Waals surface area contributed by atoms with E-state index in [2.05, 4.69) is 31.4 Å². The number of hydrogen-bond acceptors (Lipinski definition) is 5. The van der Waals surface area contributed by atoms with Crippen LogP contribution in [-0.4, -0.2) is 40.0 Å². The molecule has 120 valence electrons. The van der Waals surface area contributed by atoms with Crippen molar-refractivity contribution >= 4 is 0 Å². The van der Waals surface area contributed by atoms with Gasteiger partial charge in [-0.1, -0.05) is 19.9 Å². The Hall–Kier alpha value is -1.46. The van der Waals surface area contributed by atoms with Gasteiger partial charge in [-0.3, -0.25) is 0 Å². The van der Waals surface area contributed by atoms with Crippen molar-refractivity contribution in [2.45, 2.75) is 39.4 Å². The molecule has 1 rings (SSSR count). The second kappa shape index (κ2) is 8.74. The van der Waals surface area contributed by atoms with Crippen LogP contribution in [0.5, 0.6) is 17.2 Å². The monoisotopic (exact) mass is 296 g/mol. The van der Waals surface area contributed by atoms with E-state index in [1.54, 1.807) is 21.3 Å². The van der Waals surface area contributed by atoms with Crippen LogP contribution in [0.4, 0.5) is 0 Å². The van der Waals surface area contributed by atoms with Gasteiger partial charge in [0.25, 0.3) is 0 Å². The first-order valence-corrected chi connectivity index (χ1v) is 7.28. The maximum Gasteiger partial charge on any atom is 0.203 e. The van der Waals surface area contributed by atoms with Crippen molar-refractivity contribution in [2.24, 2.45) is 0 Å². The van der Waals surface area contributed by atoms with Crippen molar-refractivity contribution in [1.29, 1.82) is 0 Å². The summed E-state index contributed by atoms with van der Waals surface area (Å²) >= 11 is 0. The van der Waals surface area contributed by atoms with E-state index in [-0.39, 0.29) is 0 Å². The quantitative estimate of drug-likeness (QED) is 0.731. The summed E-state index contributed by atoms with van der Waals surface area (Å²) in [7, 11) is 4.88. The molecule has 0 aliphatic carbocycles. The van der Waals surface area contributed by atoms with Crippen LogP contribution in [-0.2, 0) is 6.54 Å². The van der Waals surface area contributed by atoms with Gasteiger partial charge in [0.05, 0.1) is 21.3 Å². The minimum Gasteiger partial charge on any atom is -0.493 e. The number of ether oxygens (including phenoxy) is 3. The zero-order chi connectivity index (χ0) is 15.8. The van der Waals surface area contributed by atoms with Gasteiger partial charge in [-0.2, -0.15) is 0 Å². The standard InChI is InChI=1S/C16H28N2O3/c1-11(2)17-9-12(3)18-10-13-7-8-14(19-4)16(21-6)15(13)20-5/h7-8,11-12,17-18H,9-10H2,1-6H3. The van der Waals surface area contributed by atoms with Gasteiger partial charge in [-0.15, -0.1) is 0 Å². The van der Waals surface area contributed by atoms with Crippen molar-refractivity contribution in [3.05, 3.63) is 17.7 Å². The third-order valence-electron chi connectivity index (χ3n) is 3.26. The third kappa shape index (κ3) is 5.10. The highest BCUT2D eigenvalue weighted by atomic mass is 16.5. The predicted octanol–water partition coefficient (Wildman–Crippen LogP) is 2.19. The molecular formula is C16H28N2O3. The summed E-state index contributed by atoms with van der Waals surface area (Å²) in [5, 5.41) is 6.89. The molecule has 0 fully saturated rings. The highest BCUT2D eigenvalue weighted by Gasteiger charge is 2.16. The van der Waals surface area contributed by atoms with Crippen molar-refractivity contribution < 1.29 is 14.2 Å². The van der Waals surface area contributed by atoms with Gasteiger partial charge < -0.3 is 24.8 Å². The van der Waals surface area contributed by atoms with Crippen molar-refractivity contribution in [1.82, 2.24) is 10.6 Å². The molecule has 0 amide bonds. The molecule has 0 saturated carbocycles. The maximum atomic E-state index is 5.48. The van der Waals surface area contributed by atoms with E-state index < -0.39 is 0 Å². The Morgan fingerprint density at radius 2 is 1.57 bits per heavy atom. The molecule has 0 radical (unpaired) electrons. The second-order valence-corrected chi connectivity index (χ2v) is 5.34. The molecule has 0 aliphatic rings. The Balaban J connectivity index is 2.75. The van der Waals surface area contributed by atoms with Gasteiger partial charge in [0.15, 0.2) is 11.5 Å². The Bertz CT molecular complexity index is 436. The molecule has 0 saturated heterocycles. The number of rotatable bonds is 9. The van der Waals surface area contributed by atoms with Gasteiger partial charge in [-0.05, 0) is 13.0 Å². The molecule has 1 unspecified atom stereocenters. The van der Waals surface area contributed by atoms with Crippen molar-refractivity contribution in [3.63, 3.8) is 0 Å². The smallest absolute Gasteiger partial charge is 0.203 e. The molecule has 0 heterocycles. The molecule has 0 aromatic heterocycles. The zero-order valence-electron chi connectivity index (χ0n) is 13.9. The highest BCUT2D eigenvalue weighted by molar-refractivity contribution is 5.55. The van der Waals surface area contributed by atoms with E-state index in [0.717, 1.165) is 12.1 Å². The lowest BCUT2D eigenvalue weighted by Crippen LogP contribution is -2.38. The molecule has 2 N–H and O–H groups in total. The van der Waals surface area contributed by atoms with E-state index >= 15 is 0 Å². The normalized spacial score (nSPS) is 12.3. The molecule has 0 bridgehead atoms. The minimum absolute atomic E-state index is 0.366. The van der Waals surface area contributed by atoms with Crippen LogP contribution < -0.4 is 24.8 Å². The van der Waals surface area contributed by atoms with Crippen molar-refractivity contribution in [3.8, 4) is 17.2 Å². The molecule has 5 nitrogen and oxygen atoms in total. The largest absolute Gasteiger partial charge is 0.493 e. The summed E-state index contributed by atoms with van der Waals surface area (Å²) in [4.78, 5) is 0. The molecule has 21 heavy (non-hydrogen) atoms. The summed E-state index contributed by atoms with van der Waals surface area (Å²) in [6.45, 7) is 8.08. The Morgan fingerprint density at radius 1 is 0.905 bits per heavy atom. The van der Waals surface area contributed by atoms with Crippen LogP contribution in [0, 0.1) is 0 Å². The SMILES string of the molecule is COc1ccc(CNC(C)CNC(C)C)c(OC)c1OC. The fourth-order valence-corrected chi connectivity index (χ4v) is 2.07.